The third kappa shape index (κ3) is 6.88. The molecule has 0 atom stereocenters. The van der Waals surface area contributed by atoms with Crippen molar-refractivity contribution >= 4 is 56.9 Å². The van der Waals surface area contributed by atoms with Gasteiger partial charge in [-0.1, -0.05) is 28.1 Å². The molecule has 0 bridgehead atoms. The molecule has 1 amide bonds. The van der Waals surface area contributed by atoms with Crippen molar-refractivity contribution in [3.05, 3.63) is 52.5 Å². The molecule has 4 rings (SSSR count). The molecule has 0 aliphatic heterocycles. The van der Waals surface area contributed by atoms with Crippen LogP contribution in [0.5, 0.6) is 5.75 Å². The zero-order chi connectivity index (χ0) is 24.3. The van der Waals surface area contributed by atoms with Gasteiger partial charge in [-0.05, 0) is 56.0 Å². The molecule has 1 aliphatic rings. The van der Waals surface area contributed by atoms with Crippen molar-refractivity contribution in [1.82, 2.24) is 15.3 Å². The Labute approximate surface area is 214 Å². The highest BCUT2D eigenvalue weighted by atomic mass is 79.9. The number of aromatic nitrogens is 2. The third-order valence-corrected chi connectivity index (χ3v) is 6.14. The predicted octanol–water partition coefficient (Wildman–Crippen LogP) is 5.91. The summed E-state index contributed by atoms with van der Waals surface area (Å²) in [6.07, 6.45) is -2.05. The van der Waals surface area contributed by atoms with Gasteiger partial charge in [0.05, 0.1) is 11.1 Å². The predicted molar refractivity (Wildman–Crippen MR) is 134 cm³/mol. The highest BCUT2D eigenvalue weighted by Crippen LogP contribution is 2.30. The quantitative estimate of drug-likeness (QED) is 0.339. The van der Waals surface area contributed by atoms with E-state index in [1.807, 2.05) is 31.3 Å². The lowest BCUT2D eigenvalue weighted by atomic mass is 9.91. The summed E-state index contributed by atoms with van der Waals surface area (Å²) in [5, 5.41) is 10.2. The first kappa shape index (κ1) is 26.8. The van der Waals surface area contributed by atoms with Crippen LogP contribution in [0.25, 0.3) is 10.9 Å². The SMILES string of the molecule is CNc1nc(NC2CCC(NC(=O)c3ccc(Br)cc3OC(F)(F)F)CC2)nc2ccccc12.Cl. The van der Waals surface area contributed by atoms with Crippen LogP contribution in [0.1, 0.15) is 36.0 Å². The van der Waals surface area contributed by atoms with Crippen LogP contribution < -0.4 is 20.7 Å². The molecule has 12 heteroatoms. The number of rotatable bonds is 6. The molecule has 0 radical (unpaired) electrons. The van der Waals surface area contributed by atoms with Crippen LogP contribution in [0.15, 0.2) is 46.9 Å². The molecule has 0 spiro atoms. The van der Waals surface area contributed by atoms with Gasteiger partial charge in [0.15, 0.2) is 0 Å². The van der Waals surface area contributed by atoms with E-state index in [4.69, 9.17) is 0 Å². The van der Waals surface area contributed by atoms with Crippen LogP contribution in [-0.4, -0.2) is 41.4 Å². The lowest BCUT2D eigenvalue weighted by Gasteiger charge is -2.30. The first-order valence-corrected chi connectivity index (χ1v) is 11.6. The molecular weight excluding hydrogens is 551 g/mol. The number of hydrogen-bond acceptors (Lipinski definition) is 6. The monoisotopic (exact) mass is 573 g/mol. The topological polar surface area (TPSA) is 88.2 Å². The van der Waals surface area contributed by atoms with E-state index in [2.05, 4.69) is 46.6 Å². The fourth-order valence-corrected chi connectivity index (χ4v) is 4.39. The molecule has 3 aromatic rings. The number of para-hydroxylation sites is 1. The molecular formula is C23H24BrClF3N5O2. The number of carbonyl (C=O) groups excluding carboxylic acids is 1. The third-order valence-electron chi connectivity index (χ3n) is 5.65. The van der Waals surface area contributed by atoms with E-state index in [1.165, 1.54) is 12.1 Å². The summed E-state index contributed by atoms with van der Waals surface area (Å²) in [5.41, 5.74) is 0.668. The maximum absolute atomic E-state index is 12.7. The molecule has 1 saturated carbocycles. The Hall–Kier alpha value is -2.79. The minimum atomic E-state index is -4.89. The number of nitrogens with one attached hydrogen (secondary N) is 3. The number of fused-ring (bicyclic) bond motifs is 1. The molecule has 0 saturated heterocycles. The molecule has 1 aromatic heterocycles. The van der Waals surface area contributed by atoms with Gasteiger partial charge in [-0.25, -0.2) is 4.98 Å². The molecule has 1 aliphatic carbocycles. The zero-order valence-corrected chi connectivity index (χ0v) is 21.1. The summed E-state index contributed by atoms with van der Waals surface area (Å²) in [5.74, 6) is 0.128. The van der Waals surface area contributed by atoms with Gasteiger partial charge in [-0.15, -0.1) is 25.6 Å². The Morgan fingerprint density at radius 1 is 1.06 bits per heavy atom. The van der Waals surface area contributed by atoms with Gasteiger partial charge < -0.3 is 20.7 Å². The molecule has 7 nitrogen and oxygen atoms in total. The first-order valence-electron chi connectivity index (χ1n) is 10.8. The van der Waals surface area contributed by atoms with E-state index < -0.39 is 18.0 Å². The van der Waals surface area contributed by atoms with Crippen LogP contribution in [0.3, 0.4) is 0 Å². The summed E-state index contributed by atoms with van der Waals surface area (Å²) in [4.78, 5) is 21.8. The Morgan fingerprint density at radius 2 is 1.74 bits per heavy atom. The van der Waals surface area contributed by atoms with Crippen molar-refractivity contribution in [3.63, 3.8) is 0 Å². The van der Waals surface area contributed by atoms with E-state index in [1.54, 1.807) is 0 Å². The zero-order valence-electron chi connectivity index (χ0n) is 18.7. The highest BCUT2D eigenvalue weighted by Gasteiger charge is 2.33. The maximum atomic E-state index is 12.7. The normalized spacial score (nSPS) is 17.9. The van der Waals surface area contributed by atoms with Gasteiger partial charge in [0.2, 0.25) is 5.95 Å². The highest BCUT2D eigenvalue weighted by molar-refractivity contribution is 9.10. The van der Waals surface area contributed by atoms with Crippen molar-refractivity contribution in [3.8, 4) is 5.75 Å². The Balaban J connectivity index is 0.00000342. The van der Waals surface area contributed by atoms with E-state index in [9.17, 15) is 18.0 Å². The number of ether oxygens (including phenoxy) is 1. The molecule has 0 unspecified atom stereocenters. The van der Waals surface area contributed by atoms with Crippen LogP contribution in [-0.2, 0) is 0 Å². The summed E-state index contributed by atoms with van der Waals surface area (Å²) in [6.45, 7) is 0. The van der Waals surface area contributed by atoms with Crippen LogP contribution in [0.2, 0.25) is 0 Å². The minimum Gasteiger partial charge on any atom is -0.405 e. The van der Waals surface area contributed by atoms with Gasteiger partial charge >= 0.3 is 6.36 Å². The standard InChI is InChI=1S/C23H23BrF3N5O2.ClH/c1-28-20-16-4-2-3-5-18(16)31-22(32-20)30-15-9-7-14(8-10-15)29-21(33)17-11-6-13(24)12-19(17)34-23(25,26)27;/h2-6,11-12,14-15H,7-10H2,1H3,(H,29,33)(H2,28,30,31,32);1H. The van der Waals surface area contributed by atoms with Gasteiger partial charge in [-0.2, -0.15) is 4.98 Å². The number of benzene rings is 2. The summed E-state index contributed by atoms with van der Waals surface area (Å²) in [7, 11) is 1.81. The van der Waals surface area contributed by atoms with Crippen LogP contribution in [0.4, 0.5) is 24.9 Å². The second-order valence-electron chi connectivity index (χ2n) is 8.02. The van der Waals surface area contributed by atoms with Crippen molar-refractivity contribution in [2.75, 3.05) is 17.7 Å². The molecule has 1 heterocycles. The first-order chi connectivity index (χ1) is 16.2. The number of anilines is 2. The van der Waals surface area contributed by atoms with Crippen molar-refractivity contribution in [2.24, 2.45) is 0 Å². The van der Waals surface area contributed by atoms with E-state index >= 15 is 0 Å². The molecule has 188 valence electrons. The fraction of sp³-hybridized carbons (Fsp3) is 0.348. The number of nitrogens with zero attached hydrogens (tertiary/aromatic N) is 2. The smallest absolute Gasteiger partial charge is 0.405 e. The summed E-state index contributed by atoms with van der Waals surface area (Å²) < 4.78 is 42.6. The number of halogens is 5. The van der Waals surface area contributed by atoms with Gasteiger partial charge in [0.25, 0.3) is 5.91 Å². The van der Waals surface area contributed by atoms with E-state index in [-0.39, 0.29) is 30.1 Å². The number of carbonyl (C=O) groups is 1. The van der Waals surface area contributed by atoms with Crippen molar-refractivity contribution in [2.45, 2.75) is 44.1 Å². The molecule has 2 aromatic carbocycles. The Bertz CT molecular complexity index is 1190. The largest absolute Gasteiger partial charge is 0.573 e. The number of amides is 1. The van der Waals surface area contributed by atoms with E-state index in [0.717, 1.165) is 35.6 Å². The minimum absolute atomic E-state index is 0. The summed E-state index contributed by atoms with van der Waals surface area (Å²) in [6, 6.07) is 11.6. The molecule has 1 fully saturated rings. The van der Waals surface area contributed by atoms with Gasteiger partial charge in [0, 0.05) is 29.0 Å². The van der Waals surface area contributed by atoms with Gasteiger partial charge in [0.1, 0.15) is 11.6 Å². The lowest BCUT2D eigenvalue weighted by molar-refractivity contribution is -0.274. The number of hydrogen-bond donors (Lipinski definition) is 3. The maximum Gasteiger partial charge on any atom is 0.573 e. The van der Waals surface area contributed by atoms with Crippen molar-refractivity contribution < 1.29 is 22.7 Å². The molecule has 35 heavy (non-hydrogen) atoms. The molecule has 3 N–H and O–H groups in total. The summed E-state index contributed by atoms with van der Waals surface area (Å²) >= 11 is 3.11. The number of alkyl halides is 3. The van der Waals surface area contributed by atoms with E-state index in [0.29, 0.717) is 23.3 Å². The van der Waals surface area contributed by atoms with Crippen LogP contribution >= 0.6 is 28.3 Å². The fourth-order valence-electron chi connectivity index (χ4n) is 4.05. The average Bonchev–Trinajstić information content (AvgIpc) is 2.78. The van der Waals surface area contributed by atoms with Crippen molar-refractivity contribution in [1.29, 1.82) is 0 Å². The lowest BCUT2D eigenvalue weighted by Crippen LogP contribution is -2.40. The van der Waals surface area contributed by atoms with Crippen LogP contribution in [0, 0.1) is 0 Å². The Kier molecular flexibility index (Phi) is 8.65. The second-order valence-corrected chi connectivity index (χ2v) is 8.93. The van der Waals surface area contributed by atoms with Gasteiger partial charge in [-0.3, -0.25) is 4.79 Å². The Morgan fingerprint density at radius 3 is 2.43 bits per heavy atom. The second kappa shape index (κ2) is 11.3. The average molecular weight is 575 g/mol.